The summed E-state index contributed by atoms with van der Waals surface area (Å²) in [5.41, 5.74) is 1.76. The van der Waals surface area contributed by atoms with E-state index in [2.05, 4.69) is 36.1 Å². The molecule has 0 unspecified atom stereocenters. The number of benzene rings is 1. The van der Waals surface area contributed by atoms with E-state index in [9.17, 15) is 9.59 Å². The topological polar surface area (TPSA) is 97.6 Å². The van der Waals surface area contributed by atoms with Crippen LogP contribution in [0, 0.1) is 0 Å². The molecule has 2 aromatic heterocycles. The molecule has 0 saturated heterocycles. The van der Waals surface area contributed by atoms with Gasteiger partial charge in [0.05, 0.1) is 12.4 Å². The van der Waals surface area contributed by atoms with Crippen LogP contribution in [0.25, 0.3) is 11.1 Å². The maximum Gasteiger partial charge on any atom is 0.414 e. The fraction of sp³-hybridized carbons (Fsp3) is 0.100. The Morgan fingerprint density at radius 1 is 1.10 bits per heavy atom. The van der Waals surface area contributed by atoms with Crippen LogP contribution in [-0.4, -0.2) is 52.4 Å². The maximum absolute atomic E-state index is 12.7. The standard InChI is InChI=1S/C20H16BrN5O3/c1-26(2)20(28)29-17-4-3-10-22-16(17)12-23-19(27)18-15(9-11-24-25-18)13-5-7-14(21)8-6-13/h3-12H,1-2H3/b23-12-. The Morgan fingerprint density at radius 3 is 2.59 bits per heavy atom. The van der Waals surface area contributed by atoms with Gasteiger partial charge in [-0.25, -0.2) is 9.79 Å². The van der Waals surface area contributed by atoms with E-state index in [1.807, 2.05) is 24.3 Å². The van der Waals surface area contributed by atoms with Crippen LogP contribution < -0.4 is 4.74 Å². The lowest BCUT2D eigenvalue weighted by molar-refractivity contribution is 0.0998. The predicted molar refractivity (Wildman–Crippen MR) is 111 cm³/mol. The van der Waals surface area contributed by atoms with Crippen molar-refractivity contribution < 1.29 is 14.3 Å². The van der Waals surface area contributed by atoms with Crippen molar-refractivity contribution in [2.75, 3.05) is 14.1 Å². The molecule has 8 nitrogen and oxygen atoms in total. The first-order chi connectivity index (χ1) is 14.0. The Balaban J connectivity index is 1.88. The van der Waals surface area contributed by atoms with Gasteiger partial charge in [0, 0.05) is 30.3 Å². The van der Waals surface area contributed by atoms with Gasteiger partial charge < -0.3 is 9.64 Å². The zero-order valence-electron chi connectivity index (χ0n) is 15.6. The second kappa shape index (κ2) is 9.16. The molecule has 0 atom stereocenters. The minimum Gasteiger partial charge on any atom is -0.408 e. The van der Waals surface area contributed by atoms with E-state index in [-0.39, 0.29) is 17.1 Å². The number of carbonyl (C=O) groups excluding carboxylic acids is 2. The Kier molecular flexibility index (Phi) is 6.40. The maximum atomic E-state index is 12.7. The lowest BCUT2D eigenvalue weighted by Crippen LogP contribution is -2.25. The third-order valence-corrected chi connectivity index (χ3v) is 4.27. The summed E-state index contributed by atoms with van der Waals surface area (Å²) in [6, 6.07) is 12.3. The number of ether oxygens (including phenoxy) is 1. The van der Waals surface area contributed by atoms with Crippen molar-refractivity contribution in [3.05, 3.63) is 70.7 Å². The number of hydrogen-bond donors (Lipinski definition) is 0. The number of halogens is 1. The smallest absolute Gasteiger partial charge is 0.408 e. The van der Waals surface area contributed by atoms with Gasteiger partial charge in [0.1, 0.15) is 5.69 Å². The quantitative estimate of drug-likeness (QED) is 0.559. The number of nitrogens with zero attached hydrogens (tertiary/aromatic N) is 5. The number of amides is 2. The Hall–Kier alpha value is -3.46. The van der Waals surface area contributed by atoms with Crippen LogP contribution in [0.4, 0.5) is 4.79 Å². The first-order valence-electron chi connectivity index (χ1n) is 8.46. The van der Waals surface area contributed by atoms with Crippen LogP contribution in [0.15, 0.2) is 64.3 Å². The molecule has 0 radical (unpaired) electrons. The number of rotatable bonds is 4. The average Bonchev–Trinajstić information content (AvgIpc) is 2.73. The van der Waals surface area contributed by atoms with E-state index in [4.69, 9.17) is 4.74 Å². The van der Waals surface area contributed by atoms with Crippen LogP contribution in [0.5, 0.6) is 5.75 Å². The van der Waals surface area contributed by atoms with Crippen molar-refractivity contribution in [2.24, 2.45) is 4.99 Å². The summed E-state index contributed by atoms with van der Waals surface area (Å²) in [5, 5.41) is 7.74. The summed E-state index contributed by atoms with van der Waals surface area (Å²) < 4.78 is 6.16. The molecule has 0 spiro atoms. The first kappa shape index (κ1) is 20.3. The molecule has 0 saturated carbocycles. The first-order valence-corrected chi connectivity index (χ1v) is 9.25. The molecule has 0 N–H and O–H groups in total. The molecule has 2 amide bonds. The lowest BCUT2D eigenvalue weighted by atomic mass is 10.0. The van der Waals surface area contributed by atoms with Crippen LogP contribution in [-0.2, 0) is 0 Å². The van der Waals surface area contributed by atoms with Gasteiger partial charge in [0.2, 0.25) is 0 Å². The van der Waals surface area contributed by atoms with Gasteiger partial charge in [-0.05, 0) is 35.9 Å². The summed E-state index contributed by atoms with van der Waals surface area (Å²) in [4.78, 5) is 33.8. The van der Waals surface area contributed by atoms with E-state index < -0.39 is 12.0 Å². The Morgan fingerprint density at radius 2 is 1.86 bits per heavy atom. The van der Waals surface area contributed by atoms with Crippen molar-refractivity contribution >= 4 is 34.1 Å². The van der Waals surface area contributed by atoms with Crippen LogP contribution >= 0.6 is 15.9 Å². The van der Waals surface area contributed by atoms with Crippen molar-refractivity contribution in [1.29, 1.82) is 0 Å². The van der Waals surface area contributed by atoms with Crippen molar-refractivity contribution in [3.8, 4) is 16.9 Å². The van der Waals surface area contributed by atoms with Crippen LogP contribution in [0.3, 0.4) is 0 Å². The number of carbonyl (C=O) groups is 2. The van der Waals surface area contributed by atoms with E-state index in [1.165, 1.54) is 23.5 Å². The molecular formula is C20H16BrN5O3. The highest BCUT2D eigenvalue weighted by Crippen LogP contribution is 2.24. The average molecular weight is 454 g/mol. The van der Waals surface area contributed by atoms with Gasteiger partial charge in [-0.3, -0.25) is 9.78 Å². The van der Waals surface area contributed by atoms with Gasteiger partial charge >= 0.3 is 6.09 Å². The minimum atomic E-state index is -0.591. The minimum absolute atomic E-state index is 0.105. The van der Waals surface area contributed by atoms with E-state index in [0.717, 1.165) is 10.0 Å². The third kappa shape index (κ3) is 5.08. The monoisotopic (exact) mass is 453 g/mol. The molecule has 3 aromatic rings. The fourth-order valence-corrected chi connectivity index (χ4v) is 2.57. The van der Waals surface area contributed by atoms with Crippen molar-refractivity contribution in [1.82, 2.24) is 20.1 Å². The number of aromatic nitrogens is 3. The summed E-state index contributed by atoms with van der Waals surface area (Å²) in [6.07, 6.45) is 3.69. The number of aliphatic imine (C=N–C) groups is 1. The molecule has 0 fully saturated rings. The zero-order valence-corrected chi connectivity index (χ0v) is 17.2. The predicted octanol–water partition coefficient (Wildman–Crippen LogP) is 3.62. The second-order valence-corrected chi connectivity index (χ2v) is 6.93. The summed E-state index contributed by atoms with van der Waals surface area (Å²) in [6.45, 7) is 0. The molecule has 0 aliphatic carbocycles. The number of pyridine rings is 1. The van der Waals surface area contributed by atoms with Gasteiger partial charge in [-0.1, -0.05) is 28.1 Å². The van der Waals surface area contributed by atoms with Crippen LogP contribution in [0.1, 0.15) is 16.2 Å². The lowest BCUT2D eigenvalue weighted by Gasteiger charge is -2.11. The van der Waals surface area contributed by atoms with E-state index in [0.29, 0.717) is 5.56 Å². The highest BCUT2D eigenvalue weighted by Gasteiger charge is 2.15. The summed E-state index contributed by atoms with van der Waals surface area (Å²) in [7, 11) is 3.13. The van der Waals surface area contributed by atoms with Crippen molar-refractivity contribution in [2.45, 2.75) is 0 Å². The number of hydrogen-bond acceptors (Lipinski definition) is 6. The van der Waals surface area contributed by atoms with E-state index in [1.54, 1.807) is 32.3 Å². The van der Waals surface area contributed by atoms with Crippen LogP contribution in [0.2, 0.25) is 0 Å². The van der Waals surface area contributed by atoms with Gasteiger partial charge in [-0.15, -0.1) is 5.10 Å². The molecule has 0 bridgehead atoms. The molecule has 2 heterocycles. The largest absolute Gasteiger partial charge is 0.414 e. The summed E-state index contributed by atoms with van der Waals surface area (Å²) >= 11 is 3.38. The Labute approximate surface area is 175 Å². The highest BCUT2D eigenvalue weighted by molar-refractivity contribution is 9.10. The highest BCUT2D eigenvalue weighted by atomic mass is 79.9. The fourth-order valence-electron chi connectivity index (χ4n) is 2.30. The van der Waals surface area contributed by atoms with Crippen molar-refractivity contribution in [3.63, 3.8) is 0 Å². The van der Waals surface area contributed by atoms with E-state index >= 15 is 0 Å². The molecule has 0 aliphatic rings. The second-order valence-electron chi connectivity index (χ2n) is 6.01. The van der Waals surface area contributed by atoms with Gasteiger partial charge in [0.25, 0.3) is 5.91 Å². The zero-order chi connectivity index (χ0) is 20.8. The molecule has 146 valence electrons. The molecular weight excluding hydrogens is 438 g/mol. The van der Waals surface area contributed by atoms with Gasteiger partial charge in [0.15, 0.2) is 11.4 Å². The normalized spacial score (nSPS) is 10.7. The molecule has 0 aliphatic heterocycles. The SMILES string of the molecule is CN(C)C(=O)Oc1cccnc1/C=N\C(=O)c1nnccc1-c1ccc(Br)cc1. The molecule has 3 rings (SSSR count). The Bertz CT molecular complexity index is 1070. The summed E-state index contributed by atoms with van der Waals surface area (Å²) in [5.74, 6) is -0.401. The molecule has 1 aromatic carbocycles. The van der Waals surface area contributed by atoms with Gasteiger partial charge in [-0.2, -0.15) is 5.10 Å². The molecule has 29 heavy (non-hydrogen) atoms. The third-order valence-electron chi connectivity index (χ3n) is 3.74. The molecule has 9 heteroatoms.